The van der Waals surface area contributed by atoms with Crippen LogP contribution in [0.15, 0.2) is 18.2 Å². The second kappa shape index (κ2) is 7.25. The molecular formula is C16H22ClNO3. The Balaban J connectivity index is 1.86. The number of aryl methyl sites for hydroxylation is 1. The van der Waals surface area contributed by atoms with E-state index in [-0.39, 0.29) is 5.92 Å². The number of benzene rings is 1. The molecule has 0 bridgehead atoms. The van der Waals surface area contributed by atoms with E-state index in [2.05, 4.69) is 15.7 Å². The normalized spacial score (nSPS) is 18.5. The Morgan fingerprint density at radius 3 is 2.71 bits per heavy atom. The van der Waals surface area contributed by atoms with Crippen LogP contribution >= 0.6 is 11.6 Å². The van der Waals surface area contributed by atoms with E-state index in [4.69, 9.17) is 11.6 Å². The highest BCUT2D eigenvalue weighted by molar-refractivity contribution is 6.31. The molecule has 0 aliphatic carbocycles. The number of piperidine rings is 1. The van der Waals surface area contributed by atoms with Crippen LogP contribution in [0.5, 0.6) is 0 Å². The van der Waals surface area contributed by atoms with Crippen LogP contribution in [0.4, 0.5) is 0 Å². The molecule has 1 aliphatic rings. The van der Waals surface area contributed by atoms with Crippen LogP contribution in [-0.4, -0.2) is 42.3 Å². The van der Waals surface area contributed by atoms with Crippen LogP contribution in [0.2, 0.25) is 5.02 Å². The van der Waals surface area contributed by atoms with Gasteiger partial charge in [-0.2, -0.15) is 0 Å². The van der Waals surface area contributed by atoms with Crippen LogP contribution in [0.25, 0.3) is 0 Å². The Morgan fingerprint density at radius 1 is 1.48 bits per heavy atom. The van der Waals surface area contributed by atoms with Crippen LogP contribution < -0.4 is 0 Å². The summed E-state index contributed by atoms with van der Waals surface area (Å²) in [5.41, 5.74) is 2.28. The molecule has 2 rings (SSSR count). The summed E-state index contributed by atoms with van der Waals surface area (Å²) in [5, 5.41) is 10.7. The van der Waals surface area contributed by atoms with Gasteiger partial charge in [0.15, 0.2) is 6.10 Å². The average molecular weight is 312 g/mol. The first kappa shape index (κ1) is 16.3. The fourth-order valence-corrected chi connectivity index (χ4v) is 2.94. The maximum absolute atomic E-state index is 11.4. The predicted molar refractivity (Wildman–Crippen MR) is 82.2 cm³/mol. The number of hydrogen-bond donors (Lipinski definition) is 1. The highest BCUT2D eigenvalue weighted by Crippen LogP contribution is 2.24. The maximum Gasteiger partial charge on any atom is 0.334 e. The summed E-state index contributed by atoms with van der Waals surface area (Å²) in [6, 6.07) is 6.13. The van der Waals surface area contributed by atoms with Gasteiger partial charge in [0.1, 0.15) is 0 Å². The number of carbonyl (C=O) groups excluding carboxylic acids is 1. The molecule has 1 heterocycles. The summed E-state index contributed by atoms with van der Waals surface area (Å²) in [6.07, 6.45) is 0.608. The minimum atomic E-state index is -0.994. The van der Waals surface area contributed by atoms with Crippen molar-refractivity contribution < 1.29 is 14.6 Å². The Morgan fingerprint density at radius 2 is 2.14 bits per heavy atom. The summed E-state index contributed by atoms with van der Waals surface area (Å²) in [5.74, 6) is -0.533. The number of aliphatic hydroxyl groups excluding tert-OH is 1. The van der Waals surface area contributed by atoms with Gasteiger partial charge in [-0.15, -0.1) is 0 Å². The Hall–Kier alpha value is -1.10. The molecule has 1 N–H and O–H groups in total. The lowest BCUT2D eigenvalue weighted by atomic mass is 9.91. The van der Waals surface area contributed by atoms with Gasteiger partial charge in [0.05, 0.1) is 7.11 Å². The molecule has 5 heteroatoms. The SMILES string of the molecule is COC(=O)C(O)C1CCN(Cc2ccc(C)c(Cl)c2)CC1. The van der Waals surface area contributed by atoms with Crippen LogP contribution in [0.1, 0.15) is 24.0 Å². The number of halogens is 1. The van der Waals surface area contributed by atoms with Gasteiger partial charge in [0.2, 0.25) is 0 Å². The van der Waals surface area contributed by atoms with E-state index in [1.165, 1.54) is 12.7 Å². The molecule has 1 aromatic carbocycles. The van der Waals surface area contributed by atoms with Gasteiger partial charge < -0.3 is 9.84 Å². The molecule has 0 amide bonds. The van der Waals surface area contributed by atoms with E-state index in [9.17, 15) is 9.90 Å². The molecule has 21 heavy (non-hydrogen) atoms. The largest absolute Gasteiger partial charge is 0.467 e. The van der Waals surface area contributed by atoms with E-state index in [1.54, 1.807) is 0 Å². The number of methoxy groups -OCH3 is 1. The lowest BCUT2D eigenvalue weighted by Gasteiger charge is -2.33. The quantitative estimate of drug-likeness (QED) is 0.868. The smallest absolute Gasteiger partial charge is 0.334 e. The first-order valence-electron chi connectivity index (χ1n) is 7.24. The number of ether oxygens (including phenoxy) is 1. The molecule has 0 radical (unpaired) electrons. The predicted octanol–water partition coefficient (Wildman–Crippen LogP) is 2.39. The van der Waals surface area contributed by atoms with E-state index in [1.807, 2.05) is 19.1 Å². The summed E-state index contributed by atoms with van der Waals surface area (Å²) in [6.45, 7) is 4.57. The molecule has 0 saturated carbocycles. The number of rotatable bonds is 4. The van der Waals surface area contributed by atoms with Gasteiger partial charge in [-0.1, -0.05) is 23.7 Å². The van der Waals surface area contributed by atoms with Crippen molar-refractivity contribution in [2.24, 2.45) is 5.92 Å². The summed E-state index contributed by atoms with van der Waals surface area (Å²) in [4.78, 5) is 13.7. The number of esters is 1. The minimum absolute atomic E-state index is 0.00435. The third-order valence-electron chi connectivity index (χ3n) is 4.16. The first-order chi connectivity index (χ1) is 10.0. The van der Waals surface area contributed by atoms with Gasteiger partial charge in [-0.25, -0.2) is 4.79 Å². The number of carbonyl (C=O) groups is 1. The van der Waals surface area contributed by atoms with Crippen LogP contribution in [-0.2, 0) is 16.1 Å². The van der Waals surface area contributed by atoms with Crippen molar-refractivity contribution >= 4 is 17.6 Å². The molecular weight excluding hydrogens is 290 g/mol. The zero-order valence-corrected chi connectivity index (χ0v) is 13.3. The van der Waals surface area contributed by atoms with E-state index in [0.717, 1.165) is 43.1 Å². The van der Waals surface area contributed by atoms with Gasteiger partial charge in [-0.05, 0) is 56.0 Å². The molecule has 1 atom stereocenters. The lowest BCUT2D eigenvalue weighted by molar-refractivity contribution is -0.154. The Kier molecular flexibility index (Phi) is 5.62. The van der Waals surface area contributed by atoms with Crippen molar-refractivity contribution in [3.63, 3.8) is 0 Å². The second-order valence-electron chi connectivity index (χ2n) is 5.67. The minimum Gasteiger partial charge on any atom is -0.467 e. The van der Waals surface area contributed by atoms with Crippen LogP contribution in [0, 0.1) is 12.8 Å². The molecule has 4 nitrogen and oxygen atoms in total. The monoisotopic (exact) mass is 311 g/mol. The number of likely N-dealkylation sites (tertiary alicyclic amines) is 1. The van der Waals surface area contributed by atoms with Crippen molar-refractivity contribution in [1.82, 2.24) is 4.90 Å². The molecule has 116 valence electrons. The third kappa shape index (κ3) is 4.19. The van der Waals surface area contributed by atoms with Crippen molar-refractivity contribution in [2.45, 2.75) is 32.4 Å². The second-order valence-corrected chi connectivity index (χ2v) is 6.07. The van der Waals surface area contributed by atoms with Crippen molar-refractivity contribution in [3.05, 3.63) is 34.3 Å². The number of nitrogens with zero attached hydrogens (tertiary/aromatic N) is 1. The van der Waals surface area contributed by atoms with Crippen molar-refractivity contribution in [2.75, 3.05) is 20.2 Å². The summed E-state index contributed by atoms with van der Waals surface area (Å²) < 4.78 is 4.59. The Labute approximate surface area is 130 Å². The van der Waals surface area contributed by atoms with E-state index < -0.39 is 12.1 Å². The molecule has 0 spiro atoms. The van der Waals surface area contributed by atoms with E-state index in [0.29, 0.717) is 0 Å². The molecule has 1 saturated heterocycles. The number of aliphatic hydroxyl groups is 1. The number of hydrogen-bond acceptors (Lipinski definition) is 4. The highest BCUT2D eigenvalue weighted by Gasteiger charge is 2.30. The average Bonchev–Trinajstić information content (AvgIpc) is 2.50. The standard InChI is InChI=1S/C16H22ClNO3/c1-11-3-4-12(9-14(11)17)10-18-7-5-13(6-8-18)15(19)16(20)21-2/h3-4,9,13,15,19H,5-8,10H2,1-2H3. The fraction of sp³-hybridized carbons (Fsp3) is 0.562. The molecule has 1 unspecified atom stereocenters. The molecule has 1 aliphatic heterocycles. The topological polar surface area (TPSA) is 49.8 Å². The lowest BCUT2D eigenvalue weighted by Crippen LogP contribution is -2.40. The summed E-state index contributed by atoms with van der Waals surface area (Å²) in [7, 11) is 1.31. The van der Waals surface area contributed by atoms with Gasteiger partial charge in [0, 0.05) is 11.6 Å². The van der Waals surface area contributed by atoms with Gasteiger partial charge in [-0.3, -0.25) is 4.90 Å². The molecule has 1 fully saturated rings. The summed E-state index contributed by atoms with van der Waals surface area (Å²) >= 11 is 6.14. The molecule has 0 aromatic heterocycles. The zero-order chi connectivity index (χ0) is 15.4. The zero-order valence-electron chi connectivity index (χ0n) is 12.5. The van der Waals surface area contributed by atoms with E-state index >= 15 is 0 Å². The molecule has 1 aromatic rings. The van der Waals surface area contributed by atoms with Gasteiger partial charge >= 0.3 is 5.97 Å². The Bertz CT molecular complexity index is 498. The third-order valence-corrected chi connectivity index (χ3v) is 4.57. The highest BCUT2D eigenvalue weighted by atomic mass is 35.5. The van der Waals surface area contributed by atoms with Crippen LogP contribution in [0.3, 0.4) is 0 Å². The van der Waals surface area contributed by atoms with Crippen molar-refractivity contribution in [1.29, 1.82) is 0 Å². The first-order valence-corrected chi connectivity index (χ1v) is 7.62. The fourth-order valence-electron chi connectivity index (χ4n) is 2.73. The maximum atomic E-state index is 11.4. The van der Waals surface area contributed by atoms with Crippen molar-refractivity contribution in [3.8, 4) is 0 Å². The van der Waals surface area contributed by atoms with Gasteiger partial charge in [0.25, 0.3) is 0 Å².